The van der Waals surface area contributed by atoms with Gasteiger partial charge < -0.3 is 25.2 Å². The smallest absolute Gasteiger partial charge is 0.245 e. The largest absolute Gasteiger partial charge is 0.395 e. The summed E-state index contributed by atoms with van der Waals surface area (Å²) in [6, 6.07) is 0. The third-order valence-corrected chi connectivity index (χ3v) is 2.70. The maximum absolute atomic E-state index is 12.1. The van der Waals surface area contributed by atoms with Crippen molar-refractivity contribution >= 4 is 5.91 Å². The number of aliphatic hydroxyl groups is 1. The number of nitrogens with zero attached hydrogens (tertiary/aromatic N) is 1. The van der Waals surface area contributed by atoms with Gasteiger partial charge in [0.15, 0.2) is 0 Å². The molecule has 16 heavy (non-hydrogen) atoms. The second kappa shape index (κ2) is 6.15. The Balaban J connectivity index is 2.58. The maximum atomic E-state index is 12.1. The van der Waals surface area contributed by atoms with Gasteiger partial charge >= 0.3 is 0 Å². The van der Waals surface area contributed by atoms with Crippen LogP contribution < -0.4 is 5.73 Å². The third kappa shape index (κ3) is 3.15. The molecule has 1 fully saturated rings. The number of hydrogen-bond donors (Lipinski definition) is 2. The SMILES string of the molecule is COCCN(CCO)C(=O)C1(N)CCOC1. The van der Waals surface area contributed by atoms with Crippen LogP contribution in [0.1, 0.15) is 6.42 Å². The summed E-state index contributed by atoms with van der Waals surface area (Å²) in [4.78, 5) is 13.6. The Morgan fingerprint density at radius 1 is 1.62 bits per heavy atom. The molecular formula is C10H20N2O4. The Hall–Kier alpha value is -0.690. The lowest BCUT2D eigenvalue weighted by molar-refractivity contribution is -0.138. The van der Waals surface area contributed by atoms with Crippen molar-refractivity contribution in [3.8, 4) is 0 Å². The second-order valence-electron chi connectivity index (χ2n) is 3.97. The van der Waals surface area contributed by atoms with E-state index in [0.717, 1.165) is 0 Å². The van der Waals surface area contributed by atoms with Crippen LogP contribution in [0.2, 0.25) is 0 Å². The monoisotopic (exact) mass is 232 g/mol. The molecule has 0 aromatic heterocycles. The van der Waals surface area contributed by atoms with E-state index in [4.69, 9.17) is 20.3 Å². The molecule has 3 N–H and O–H groups in total. The van der Waals surface area contributed by atoms with Crippen LogP contribution in [0.25, 0.3) is 0 Å². The van der Waals surface area contributed by atoms with Crippen molar-refractivity contribution in [2.45, 2.75) is 12.0 Å². The normalized spacial score (nSPS) is 24.7. The van der Waals surface area contributed by atoms with Crippen molar-refractivity contribution in [3.63, 3.8) is 0 Å². The molecule has 1 unspecified atom stereocenters. The summed E-state index contributed by atoms with van der Waals surface area (Å²) in [5, 5.41) is 8.90. The molecule has 0 aromatic rings. The lowest BCUT2D eigenvalue weighted by Crippen LogP contribution is -2.57. The Labute approximate surface area is 95.3 Å². The van der Waals surface area contributed by atoms with Gasteiger partial charge in [0.2, 0.25) is 5.91 Å². The van der Waals surface area contributed by atoms with Crippen molar-refractivity contribution in [1.82, 2.24) is 4.90 Å². The molecule has 0 aliphatic carbocycles. The van der Waals surface area contributed by atoms with Crippen LogP contribution in [0.4, 0.5) is 0 Å². The number of carbonyl (C=O) groups excluding carboxylic acids is 1. The van der Waals surface area contributed by atoms with Crippen LogP contribution in [0.5, 0.6) is 0 Å². The third-order valence-electron chi connectivity index (χ3n) is 2.70. The van der Waals surface area contributed by atoms with E-state index < -0.39 is 5.54 Å². The zero-order valence-electron chi connectivity index (χ0n) is 9.65. The van der Waals surface area contributed by atoms with Gasteiger partial charge in [0.05, 0.1) is 19.8 Å². The average molecular weight is 232 g/mol. The zero-order valence-corrected chi connectivity index (χ0v) is 9.65. The Kier molecular flexibility index (Phi) is 5.14. The van der Waals surface area contributed by atoms with Gasteiger partial charge in [-0.05, 0) is 6.42 Å². The number of aliphatic hydroxyl groups excluding tert-OH is 1. The number of carbonyl (C=O) groups is 1. The standard InChI is InChI=1S/C10H20N2O4/c1-15-7-4-12(3-5-13)9(14)10(11)2-6-16-8-10/h13H,2-8,11H2,1H3. The van der Waals surface area contributed by atoms with Gasteiger partial charge in [0, 0.05) is 26.8 Å². The molecular weight excluding hydrogens is 212 g/mol. The molecule has 1 atom stereocenters. The number of nitrogens with two attached hydrogens (primary N) is 1. The molecule has 0 spiro atoms. The summed E-state index contributed by atoms with van der Waals surface area (Å²) >= 11 is 0. The van der Waals surface area contributed by atoms with Crippen LogP contribution in [0, 0.1) is 0 Å². The molecule has 6 nitrogen and oxygen atoms in total. The summed E-state index contributed by atoms with van der Waals surface area (Å²) in [6.07, 6.45) is 0.529. The lowest BCUT2D eigenvalue weighted by atomic mass is 9.98. The fourth-order valence-electron chi connectivity index (χ4n) is 1.70. The average Bonchev–Trinajstić information content (AvgIpc) is 2.72. The molecule has 0 radical (unpaired) electrons. The van der Waals surface area contributed by atoms with E-state index in [1.54, 1.807) is 7.11 Å². The molecule has 0 bridgehead atoms. The maximum Gasteiger partial charge on any atom is 0.245 e. The van der Waals surface area contributed by atoms with E-state index in [0.29, 0.717) is 26.2 Å². The van der Waals surface area contributed by atoms with E-state index in [2.05, 4.69) is 0 Å². The van der Waals surface area contributed by atoms with Crippen LogP contribution in [0.15, 0.2) is 0 Å². The first-order valence-electron chi connectivity index (χ1n) is 5.40. The molecule has 1 saturated heterocycles. The first-order valence-corrected chi connectivity index (χ1v) is 5.40. The molecule has 1 aliphatic heterocycles. The van der Waals surface area contributed by atoms with Gasteiger partial charge in [0.1, 0.15) is 5.54 Å². The number of amides is 1. The fraction of sp³-hybridized carbons (Fsp3) is 0.900. The van der Waals surface area contributed by atoms with E-state index in [1.165, 1.54) is 4.90 Å². The van der Waals surface area contributed by atoms with E-state index in [-0.39, 0.29) is 25.7 Å². The predicted octanol–water partition coefficient (Wildman–Crippen LogP) is -1.43. The molecule has 1 heterocycles. The Morgan fingerprint density at radius 3 is 2.88 bits per heavy atom. The summed E-state index contributed by atoms with van der Waals surface area (Å²) in [5.41, 5.74) is 5.04. The summed E-state index contributed by atoms with van der Waals surface area (Å²) < 4.78 is 10.1. The predicted molar refractivity (Wildman–Crippen MR) is 57.9 cm³/mol. The first kappa shape index (κ1) is 13.4. The topological polar surface area (TPSA) is 85.0 Å². The van der Waals surface area contributed by atoms with Gasteiger partial charge in [-0.25, -0.2) is 0 Å². The molecule has 6 heteroatoms. The van der Waals surface area contributed by atoms with Gasteiger partial charge in [-0.2, -0.15) is 0 Å². The number of hydrogen-bond acceptors (Lipinski definition) is 5. The van der Waals surface area contributed by atoms with E-state index >= 15 is 0 Å². The molecule has 1 amide bonds. The van der Waals surface area contributed by atoms with E-state index in [1.807, 2.05) is 0 Å². The fourth-order valence-corrected chi connectivity index (χ4v) is 1.70. The highest BCUT2D eigenvalue weighted by molar-refractivity contribution is 5.86. The van der Waals surface area contributed by atoms with Crippen LogP contribution in [-0.2, 0) is 14.3 Å². The van der Waals surface area contributed by atoms with Crippen LogP contribution in [0.3, 0.4) is 0 Å². The molecule has 1 aliphatic rings. The van der Waals surface area contributed by atoms with Crippen molar-refractivity contribution < 1.29 is 19.4 Å². The Bertz CT molecular complexity index is 229. The van der Waals surface area contributed by atoms with Gasteiger partial charge in [-0.1, -0.05) is 0 Å². The molecule has 0 saturated carbocycles. The second-order valence-corrected chi connectivity index (χ2v) is 3.97. The number of methoxy groups -OCH3 is 1. The minimum absolute atomic E-state index is 0.0770. The highest BCUT2D eigenvalue weighted by atomic mass is 16.5. The Morgan fingerprint density at radius 2 is 2.38 bits per heavy atom. The summed E-state index contributed by atoms with van der Waals surface area (Å²) in [5.74, 6) is -0.170. The highest BCUT2D eigenvalue weighted by Crippen LogP contribution is 2.18. The quantitative estimate of drug-likeness (QED) is 0.586. The molecule has 0 aromatic carbocycles. The van der Waals surface area contributed by atoms with E-state index in [9.17, 15) is 4.79 Å². The summed E-state index contributed by atoms with van der Waals surface area (Å²) in [7, 11) is 1.57. The van der Waals surface area contributed by atoms with Gasteiger partial charge in [0.25, 0.3) is 0 Å². The van der Waals surface area contributed by atoms with Crippen molar-refractivity contribution in [1.29, 1.82) is 0 Å². The minimum atomic E-state index is -0.928. The molecule has 1 rings (SSSR count). The van der Waals surface area contributed by atoms with Crippen molar-refractivity contribution in [2.75, 3.05) is 46.6 Å². The van der Waals surface area contributed by atoms with Crippen LogP contribution in [-0.4, -0.2) is 68.1 Å². The van der Waals surface area contributed by atoms with Gasteiger partial charge in [-0.15, -0.1) is 0 Å². The zero-order chi connectivity index (χ0) is 12.0. The highest BCUT2D eigenvalue weighted by Gasteiger charge is 2.40. The summed E-state index contributed by atoms with van der Waals surface area (Å²) in [6.45, 7) is 1.84. The molecule has 94 valence electrons. The van der Waals surface area contributed by atoms with Crippen molar-refractivity contribution in [2.24, 2.45) is 5.73 Å². The first-order chi connectivity index (χ1) is 7.64. The van der Waals surface area contributed by atoms with Gasteiger partial charge in [-0.3, -0.25) is 4.79 Å². The number of rotatable bonds is 6. The minimum Gasteiger partial charge on any atom is -0.395 e. The van der Waals surface area contributed by atoms with Crippen LogP contribution >= 0.6 is 0 Å². The lowest BCUT2D eigenvalue weighted by Gasteiger charge is -2.30. The number of ether oxygens (including phenoxy) is 2. The van der Waals surface area contributed by atoms with Crippen molar-refractivity contribution in [3.05, 3.63) is 0 Å².